The Morgan fingerprint density at radius 2 is 2.17 bits per heavy atom. The zero-order valence-electron chi connectivity index (χ0n) is 6.64. The third kappa shape index (κ3) is 1.92. The minimum absolute atomic E-state index is 0. The van der Waals surface area contributed by atoms with Gasteiger partial charge in [0.15, 0.2) is 0 Å². The van der Waals surface area contributed by atoms with Crippen LogP contribution in [0, 0.1) is 3.57 Å². The molecule has 12 heavy (non-hydrogen) atoms. The minimum Gasteiger partial charge on any atom is -0.312 e. The average Bonchev–Trinajstić information content (AvgIpc) is 2.06. The second-order valence-electron chi connectivity index (χ2n) is 2.80. The summed E-state index contributed by atoms with van der Waals surface area (Å²) in [7, 11) is 0. The quantitative estimate of drug-likeness (QED) is 0.725. The van der Waals surface area contributed by atoms with E-state index in [-0.39, 0.29) is 12.4 Å². The van der Waals surface area contributed by atoms with Gasteiger partial charge in [-0.1, -0.05) is 12.1 Å². The molecule has 0 unspecified atom stereocenters. The van der Waals surface area contributed by atoms with E-state index >= 15 is 0 Å². The van der Waals surface area contributed by atoms with E-state index in [1.54, 1.807) is 0 Å². The molecule has 0 aliphatic carbocycles. The van der Waals surface area contributed by atoms with Crippen molar-refractivity contribution in [2.75, 3.05) is 6.54 Å². The van der Waals surface area contributed by atoms with Gasteiger partial charge >= 0.3 is 0 Å². The summed E-state index contributed by atoms with van der Waals surface area (Å²) in [6.07, 6.45) is 1.19. The molecule has 0 atom stereocenters. The predicted molar refractivity (Wildman–Crippen MR) is 61.8 cm³/mol. The van der Waals surface area contributed by atoms with Crippen LogP contribution in [0.15, 0.2) is 18.2 Å². The van der Waals surface area contributed by atoms with Gasteiger partial charge in [0.1, 0.15) is 0 Å². The van der Waals surface area contributed by atoms with E-state index in [2.05, 4.69) is 46.1 Å². The molecule has 0 saturated carbocycles. The summed E-state index contributed by atoms with van der Waals surface area (Å²) in [6, 6.07) is 6.55. The van der Waals surface area contributed by atoms with Crippen molar-refractivity contribution in [1.82, 2.24) is 5.32 Å². The summed E-state index contributed by atoms with van der Waals surface area (Å²) >= 11 is 2.40. The first-order valence-corrected chi connectivity index (χ1v) is 4.93. The first-order valence-electron chi connectivity index (χ1n) is 3.85. The van der Waals surface area contributed by atoms with Gasteiger partial charge in [-0.2, -0.15) is 0 Å². The molecule has 1 aromatic rings. The molecule has 1 aromatic carbocycles. The van der Waals surface area contributed by atoms with Gasteiger partial charge in [0.2, 0.25) is 0 Å². The Hall–Kier alpha value is 0.200. The highest BCUT2D eigenvalue weighted by molar-refractivity contribution is 14.1. The Kier molecular flexibility index (Phi) is 3.80. The molecule has 3 heteroatoms. The fourth-order valence-electron chi connectivity index (χ4n) is 1.47. The highest BCUT2D eigenvalue weighted by atomic mass is 127. The molecule has 1 heterocycles. The van der Waals surface area contributed by atoms with Crippen LogP contribution < -0.4 is 5.32 Å². The molecule has 0 radical (unpaired) electrons. The number of nitrogens with one attached hydrogen (secondary N) is 1. The van der Waals surface area contributed by atoms with Gasteiger partial charge in [-0.15, -0.1) is 12.4 Å². The van der Waals surface area contributed by atoms with E-state index in [0.717, 1.165) is 13.1 Å². The Balaban J connectivity index is 0.000000720. The molecule has 0 amide bonds. The summed E-state index contributed by atoms with van der Waals surface area (Å²) in [4.78, 5) is 0. The molecule has 2 rings (SSSR count). The summed E-state index contributed by atoms with van der Waals surface area (Å²) in [5, 5.41) is 3.38. The van der Waals surface area contributed by atoms with E-state index in [1.807, 2.05) is 0 Å². The van der Waals surface area contributed by atoms with E-state index in [9.17, 15) is 0 Å². The lowest BCUT2D eigenvalue weighted by Crippen LogP contribution is -2.24. The standard InChI is InChI=1S/C9H10IN.ClH/c10-9-3-1-2-7-4-5-11-6-8(7)9;/h1-3,11H,4-6H2;1H. The van der Waals surface area contributed by atoms with Gasteiger partial charge in [0, 0.05) is 10.1 Å². The van der Waals surface area contributed by atoms with Crippen molar-refractivity contribution in [3.05, 3.63) is 32.9 Å². The first kappa shape index (κ1) is 10.3. The van der Waals surface area contributed by atoms with Crippen molar-refractivity contribution in [2.45, 2.75) is 13.0 Å². The number of hydrogen-bond donors (Lipinski definition) is 1. The van der Waals surface area contributed by atoms with Gasteiger partial charge in [0.25, 0.3) is 0 Å². The Morgan fingerprint density at radius 3 is 2.92 bits per heavy atom. The van der Waals surface area contributed by atoms with E-state index in [1.165, 1.54) is 21.1 Å². The normalized spacial score (nSPS) is 14.8. The van der Waals surface area contributed by atoms with Crippen molar-refractivity contribution < 1.29 is 0 Å². The van der Waals surface area contributed by atoms with E-state index in [4.69, 9.17) is 0 Å². The predicted octanol–water partition coefficient (Wildman–Crippen LogP) is 2.36. The number of rotatable bonds is 0. The van der Waals surface area contributed by atoms with Crippen molar-refractivity contribution in [2.24, 2.45) is 0 Å². The monoisotopic (exact) mass is 295 g/mol. The molecular formula is C9H11ClIN. The van der Waals surface area contributed by atoms with Crippen LogP contribution in [-0.2, 0) is 13.0 Å². The summed E-state index contributed by atoms with van der Waals surface area (Å²) in [6.45, 7) is 2.18. The Labute approximate surface area is 92.5 Å². The van der Waals surface area contributed by atoms with Crippen LogP contribution in [0.2, 0.25) is 0 Å². The van der Waals surface area contributed by atoms with Crippen LogP contribution in [0.1, 0.15) is 11.1 Å². The molecular weight excluding hydrogens is 284 g/mol. The van der Waals surface area contributed by atoms with Crippen LogP contribution >= 0.6 is 35.0 Å². The maximum absolute atomic E-state index is 3.38. The first-order chi connectivity index (χ1) is 5.38. The third-order valence-corrected chi connectivity index (χ3v) is 3.10. The highest BCUT2D eigenvalue weighted by Gasteiger charge is 2.09. The lowest BCUT2D eigenvalue weighted by Gasteiger charge is -2.17. The Morgan fingerprint density at radius 1 is 1.33 bits per heavy atom. The second-order valence-corrected chi connectivity index (χ2v) is 3.97. The maximum atomic E-state index is 3.38. The van der Waals surface area contributed by atoms with Crippen LogP contribution in [-0.4, -0.2) is 6.54 Å². The van der Waals surface area contributed by atoms with Crippen molar-refractivity contribution >= 4 is 35.0 Å². The number of halogens is 2. The lowest BCUT2D eigenvalue weighted by atomic mass is 10.0. The van der Waals surface area contributed by atoms with Crippen LogP contribution in [0.3, 0.4) is 0 Å². The number of benzene rings is 1. The molecule has 66 valence electrons. The summed E-state index contributed by atoms with van der Waals surface area (Å²) < 4.78 is 1.40. The van der Waals surface area contributed by atoms with E-state index < -0.39 is 0 Å². The number of fused-ring (bicyclic) bond motifs is 1. The molecule has 1 aliphatic heterocycles. The van der Waals surface area contributed by atoms with Crippen molar-refractivity contribution in [3.8, 4) is 0 Å². The largest absolute Gasteiger partial charge is 0.312 e. The molecule has 0 bridgehead atoms. The van der Waals surface area contributed by atoms with E-state index in [0.29, 0.717) is 0 Å². The van der Waals surface area contributed by atoms with Crippen LogP contribution in [0.25, 0.3) is 0 Å². The summed E-state index contributed by atoms with van der Waals surface area (Å²) in [5.74, 6) is 0. The maximum Gasteiger partial charge on any atom is 0.0218 e. The van der Waals surface area contributed by atoms with Crippen LogP contribution in [0.4, 0.5) is 0 Å². The molecule has 0 fully saturated rings. The van der Waals surface area contributed by atoms with Gasteiger partial charge in [-0.3, -0.25) is 0 Å². The summed E-state index contributed by atoms with van der Waals surface area (Å²) in [5.41, 5.74) is 3.02. The molecule has 0 spiro atoms. The average molecular weight is 296 g/mol. The third-order valence-electron chi connectivity index (χ3n) is 2.09. The molecule has 1 N–H and O–H groups in total. The zero-order chi connectivity index (χ0) is 7.68. The topological polar surface area (TPSA) is 12.0 Å². The SMILES string of the molecule is Cl.Ic1cccc2c1CNCC2. The van der Waals surface area contributed by atoms with Gasteiger partial charge < -0.3 is 5.32 Å². The lowest BCUT2D eigenvalue weighted by molar-refractivity contribution is 0.641. The fourth-order valence-corrected chi connectivity index (χ4v) is 2.22. The molecule has 1 aliphatic rings. The Bertz CT molecular complexity index is 275. The fraction of sp³-hybridized carbons (Fsp3) is 0.333. The highest BCUT2D eigenvalue weighted by Crippen LogP contribution is 2.19. The van der Waals surface area contributed by atoms with Gasteiger partial charge in [-0.05, 0) is 52.7 Å². The van der Waals surface area contributed by atoms with Crippen molar-refractivity contribution in [3.63, 3.8) is 0 Å². The molecule has 0 saturated heterocycles. The van der Waals surface area contributed by atoms with Gasteiger partial charge in [0.05, 0.1) is 0 Å². The van der Waals surface area contributed by atoms with Gasteiger partial charge in [-0.25, -0.2) is 0 Å². The van der Waals surface area contributed by atoms with Crippen molar-refractivity contribution in [1.29, 1.82) is 0 Å². The van der Waals surface area contributed by atoms with Crippen LogP contribution in [0.5, 0.6) is 0 Å². The minimum atomic E-state index is 0. The smallest absolute Gasteiger partial charge is 0.0218 e. The number of hydrogen-bond acceptors (Lipinski definition) is 1. The molecule has 1 nitrogen and oxygen atoms in total. The molecule has 0 aromatic heterocycles. The zero-order valence-corrected chi connectivity index (χ0v) is 9.61. The second kappa shape index (κ2) is 4.44.